The van der Waals surface area contributed by atoms with Crippen LogP contribution in [0.4, 0.5) is 0 Å². The third-order valence-corrected chi connectivity index (χ3v) is 2.18. The maximum absolute atomic E-state index is 9.56. The van der Waals surface area contributed by atoms with Gasteiger partial charge in [0.15, 0.2) is 0 Å². The SMILES string of the molecule is CC(C)(C)c1cc(O)c(Cl)cc1O. The first-order chi connectivity index (χ1) is 5.82. The average molecular weight is 201 g/mol. The van der Waals surface area contributed by atoms with E-state index in [0.717, 1.165) is 0 Å². The van der Waals surface area contributed by atoms with Crippen LogP contribution >= 0.6 is 11.6 Å². The van der Waals surface area contributed by atoms with Crippen LogP contribution in [-0.2, 0) is 5.41 Å². The van der Waals surface area contributed by atoms with Crippen LogP contribution in [0.25, 0.3) is 0 Å². The summed E-state index contributed by atoms with van der Waals surface area (Å²) in [6.07, 6.45) is 0. The van der Waals surface area contributed by atoms with E-state index in [2.05, 4.69) is 0 Å². The summed E-state index contributed by atoms with van der Waals surface area (Å²) in [5, 5.41) is 19.1. The third kappa shape index (κ3) is 2.07. The summed E-state index contributed by atoms with van der Waals surface area (Å²) >= 11 is 5.63. The van der Waals surface area contributed by atoms with E-state index in [0.29, 0.717) is 5.56 Å². The summed E-state index contributed by atoms with van der Waals surface area (Å²) in [5.41, 5.74) is 0.487. The molecule has 0 spiro atoms. The zero-order valence-electron chi connectivity index (χ0n) is 7.93. The van der Waals surface area contributed by atoms with Crippen LogP contribution < -0.4 is 0 Å². The Bertz CT molecular complexity index is 326. The maximum atomic E-state index is 9.56. The second kappa shape index (κ2) is 3.11. The molecule has 3 heteroatoms. The van der Waals surface area contributed by atoms with Gasteiger partial charge in [0.25, 0.3) is 0 Å². The number of phenolic OH excluding ortho intramolecular Hbond substituents is 2. The Morgan fingerprint density at radius 1 is 1.08 bits per heavy atom. The lowest BCUT2D eigenvalue weighted by Gasteiger charge is -2.20. The van der Waals surface area contributed by atoms with E-state index in [4.69, 9.17) is 11.6 Å². The van der Waals surface area contributed by atoms with Gasteiger partial charge < -0.3 is 10.2 Å². The summed E-state index contributed by atoms with van der Waals surface area (Å²) < 4.78 is 0. The fourth-order valence-corrected chi connectivity index (χ4v) is 1.31. The minimum atomic E-state index is -0.202. The molecule has 0 amide bonds. The first-order valence-corrected chi connectivity index (χ1v) is 4.42. The van der Waals surface area contributed by atoms with Crippen molar-refractivity contribution in [3.8, 4) is 11.5 Å². The van der Waals surface area contributed by atoms with Gasteiger partial charge in [-0.15, -0.1) is 0 Å². The van der Waals surface area contributed by atoms with Gasteiger partial charge in [0.05, 0.1) is 5.02 Å². The maximum Gasteiger partial charge on any atom is 0.134 e. The van der Waals surface area contributed by atoms with Gasteiger partial charge in [0.2, 0.25) is 0 Å². The Kier molecular flexibility index (Phi) is 2.44. The van der Waals surface area contributed by atoms with Crippen LogP contribution in [0.3, 0.4) is 0 Å². The topological polar surface area (TPSA) is 40.5 Å². The number of phenols is 2. The van der Waals surface area contributed by atoms with Crippen LogP contribution in [0.15, 0.2) is 12.1 Å². The highest BCUT2D eigenvalue weighted by atomic mass is 35.5. The Morgan fingerprint density at radius 3 is 2.08 bits per heavy atom. The number of rotatable bonds is 0. The molecular formula is C10H13ClO2. The summed E-state index contributed by atoms with van der Waals surface area (Å²) in [6.45, 7) is 5.86. The number of hydrogen-bond acceptors (Lipinski definition) is 2. The molecule has 1 rings (SSSR count). The number of halogens is 1. The van der Waals surface area contributed by atoms with Crippen molar-refractivity contribution in [3.63, 3.8) is 0 Å². The number of hydrogen-bond donors (Lipinski definition) is 2. The van der Waals surface area contributed by atoms with E-state index in [1.165, 1.54) is 12.1 Å². The molecule has 1 aromatic rings. The standard InChI is InChI=1S/C10H13ClO2/c1-10(2,3)6-4-9(13)7(11)5-8(6)12/h4-5,12-13H,1-3H3. The van der Waals surface area contributed by atoms with Crippen molar-refractivity contribution < 1.29 is 10.2 Å². The fourth-order valence-electron chi connectivity index (χ4n) is 1.15. The van der Waals surface area contributed by atoms with Gasteiger partial charge in [-0.05, 0) is 11.5 Å². The highest BCUT2D eigenvalue weighted by Crippen LogP contribution is 2.37. The molecule has 0 unspecified atom stereocenters. The first-order valence-electron chi connectivity index (χ1n) is 4.04. The minimum Gasteiger partial charge on any atom is -0.508 e. The minimum absolute atomic E-state index is 0.00407. The first kappa shape index (κ1) is 10.2. The molecule has 0 radical (unpaired) electrons. The molecule has 0 aliphatic carbocycles. The second-order valence-electron chi connectivity index (χ2n) is 4.07. The van der Waals surface area contributed by atoms with Crippen molar-refractivity contribution >= 4 is 11.6 Å². The molecule has 1 aromatic carbocycles. The van der Waals surface area contributed by atoms with Crippen molar-refractivity contribution in [2.24, 2.45) is 0 Å². The van der Waals surface area contributed by atoms with Crippen LogP contribution in [0, 0.1) is 0 Å². The van der Waals surface area contributed by atoms with Crippen molar-refractivity contribution in [1.82, 2.24) is 0 Å². The molecule has 2 N–H and O–H groups in total. The van der Waals surface area contributed by atoms with Crippen LogP contribution in [0.2, 0.25) is 5.02 Å². The van der Waals surface area contributed by atoms with E-state index in [9.17, 15) is 10.2 Å². The molecule has 0 aromatic heterocycles. The van der Waals surface area contributed by atoms with Crippen molar-refractivity contribution in [2.45, 2.75) is 26.2 Å². The van der Waals surface area contributed by atoms with Crippen LogP contribution in [0.1, 0.15) is 26.3 Å². The van der Waals surface area contributed by atoms with Gasteiger partial charge in [-0.25, -0.2) is 0 Å². The molecule has 0 saturated heterocycles. The average Bonchev–Trinajstić information content (AvgIpc) is 1.94. The summed E-state index contributed by atoms with van der Waals surface area (Å²) in [4.78, 5) is 0. The zero-order chi connectivity index (χ0) is 10.2. The van der Waals surface area contributed by atoms with E-state index in [-0.39, 0.29) is 21.9 Å². The van der Waals surface area contributed by atoms with Crippen molar-refractivity contribution in [2.75, 3.05) is 0 Å². The Balaban J connectivity index is 3.32. The Morgan fingerprint density at radius 2 is 1.62 bits per heavy atom. The lowest BCUT2D eigenvalue weighted by molar-refractivity contribution is 0.435. The highest BCUT2D eigenvalue weighted by molar-refractivity contribution is 6.32. The molecule has 0 saturated carbocycles. The molecule has 0 aliphatic rings. The fraction of sp³-hybridized carbons (Fsp3) is 0.400. The predicted octanol–water partition coefficient (Wildman–Crippen LogP) is 3.05. The largest absolute Gasteiger partial charge is 0.508 e. The summed E-state index contributed by atoms with van der Waals surface area (Å²) in [5.74, 6) is 0.125. The Hall–Kier alpha value is -0.890. The lowest BCUT2D eigenvalue weighted by Crippen LogP contribution is -2.11. The second-order valence-corrected chi connectivity index (χ2v) is 4.48. The van der Waals surface area contributed by atoms with E-state index in [1.807, 2.05) is 20.8 Å². The molecule has 2 nitrogen and oxygen atoms in total. The van der Waals surface area contributed by atoms with Gasteiger partial charge in [-0.3, -0.25) is 0 Å². The summed E-state index contributed by atoms with van der Waals surface area (Å²) in [6, 6.07) is 2.86. The molecule has 0 fully saturated rings. The smallest absolute Gasteiger partial charge is 0.134 e. The molecule has 0 aliphatic heterocycles. The quantitative estimate of drug-likeness (QED) is 0.632. The molecule has 0 bridgehead atoms. The van der Waals surface area contributed by atoms with Gasteiger partial charge in [0.1, 0.15) is 11.5 Å². The van der Waals surface area contributed by atoms with Gasteiger partial charge in [-0.2, -0.15) is 0 Å². The lowest BCUT2D eigenvalue weighted by atomic mass is 9.86. The van der Waals surface area contributed by atoms with E-state index >= 15 is 0 Å². The molecule has 0 heterocycles. The molecule has 72 valence electrons. The monoisotopic (exact) mass is 200 g/mol. The molecular weight excluding hydrogens is 188 g/mol. The predicted molar refractivity (Wildman–Crippen MR) is 53.5 cm³/mol. The number of benzene rings is 1. The van der Waals surface area contributed by atoms with E-state index < -0.39 is 0 Å². The van der Waals surface area contributed by atoms with Crippen molar-refractivity contribution in [3.05, 3.63) is 22.7 Å². The van der Waals surface area contributed by atoms with Crippen molar-refractivity contribution in [1.29, 1.82) is 0 Å². The zero-order valence-corrected chi connectivity index (χ0v) is 8.68. The molecule has 13 heavy (non-hydrogen) atoms. The van der Waals surface area contributed by atoms with Crippen LogP contribution in [-0.4, -0.2) is 10.2 Å². The number of aromatic hydroxyl groups is 2. The summed E-state index contributed by atoms with van der Waals surface area (Å²) in [7, 11) is 0. The normalized spacial score (nSPS) is 11.7. The Labute approximate surface area is 82.8 Å². The van der Waals surface area contributed by atoms with Gasteiger partial charge in [0, 0.05) is 11.6 Å². The van der Waals surface area contributed by atoms with Gasteiger partial charge in [-0.1, -0.05) is 32.4 Å². The van der Waals surface area contributed by atoms with E-state index in [1.54, 1.807) is 0 Å². The van der Waals surface area contributed by atoms with Crippen LogP contribution in [0.5, 0.6) is 11.5 Å². The third-order valence-electron chi connectivity index (χ3n) is 1.87. The highest BCUT2D eigenvalue weighted by Gasteiger charge is 2.19. The van der Waals surface area contributed by atoms with Gasteiger partial charge >= 0.3 is 0 Å². The molecule has 0 atom stereocenters.